The van der Waals surface area contributed by atoms with Crippen LogP contribution in [0.3, 0.4) is 0 Å². The molecule has 3 rings (SSSR count). The van der Waals surface area contributed by atoms with Crippen molar-refractivity contribution in [3.8, 4) is 0 Å². The number of amides is 1. The van der Waals surface area contributed by atoms with Crippen LogP contribution in [-0.2, 0) is 4.79 Å². The minimum atomic E-state index is -0.365. The van der Waals surface area contributed by atoms with Crippen molar-refractivity contribution < 1.29 is 9.72 Å². The van der Waals surface area contributed by atoms with E-state index in [4.69, 9.17) is 11.6 Å². The molecule has 2 aromatic carbocycles. The van der Waals surface area contributed by atoms with Crippen molar-refractivity contribution in [2.24, 2.45) is 0 Å². The van der Waals surface area contributed by atoms with Gasteiger partial charge in [0, 0.05) is 42.2 Å². The van der Waals surface area contributed by atoms with Crippen LogP contribution in [0, 0.1) is 10.1 Å². The van der Waals surface area contributed by atoms with Gasteiger partial charge in [-0.25, -0.2) is 0 Å². The first kappa shape index (κ1) is 18.5. The average molecular weight is 392 g/mol. The summed E-state index contributed by atoms with van der Waals surface area (Å²) in [4.78, 5) is 28.0. The standard InChI is InChI=1S/C18H18ClN3O3S/c19-14-5-7-15(8-6-14)26-13-18(23)21-11-9-20(10-12-21)16-3-1-2-4-17(16)22(24)25/h1-8H,9-13H2. The molecular formula is C18H18ClN3O3S. The Labute approximate surface area is 160 Å². The van der Waals surface area contributed by atoms with Gasteiger partial charge in [0.15, 0.2) is 0 Å². The van der Waals surface area contributed by atoms with Gasteiger partial charge in [-0.15, -0.1) is 11.8 Å². The number of halogens is 1. The maximum atomic E-state index is 12.4. The van der Waals surface area contributed by atoms with E-state index in [1.54, 1.807) is 30.3 Å². The van der Waals surface area contributed by atoms with Crippen molar-refractivity contribution >= 4 is 40.6 Å². The maximum absolute atomic E-state index is 12.4. The number of hydrogen-bond donors (Lipinski definition) is 0. The van der Waals surface area contributed by atoms with Crippen molar-refractivity contribution in [2.45, 2.75) is 4.90 Å². The number of benzene rings is 2. The summed E-state index contributed by atoms with van der Waals surface area (Å²) < 4.78 is 0. The highest BCUT2D eigenvalue weighted by atomic mass is 35.5. The molecule has 0 aromatic heterocycles. The second-order valence-corrected chi connectivity index (χ2v) is 7.34. The Morgan fingerprint density at radius 1 is 1.08 bits per heavy atom. The third-order valence-electron chi connectivity index (χ3n) is 4.23. The van der Waals surface area contributed by atoms with Gasteiger partial charge in [0.25, 0.3) is 5.69 Å². The minimum Gasteiger partial charge on any atom is -0.362 e. The topological polar surface area (TPSA) is 66.7 Å². The number of carbonyl (C=O) groups excluding carboxylic acids is 1. The first-order valence-corrected chi connectivity index (χ1v) is 9.55. The van der Waals surface area contributed by atoms with Crippen LogP contribution in [0.5, 0.6) is 0 Å². The molecule has 0 bridgehead atoms. The molecular weight excluding hydrogens is 374 g/mol. The van der Waals surface area contributed by atoms with E-state index in [-0.39, 0.29) is 16.5 Å². The highest BCUT2D eigenvalue weighted by Gasteiger charge is 2.25. The van der Waals surface area contributed by atoms with Gasteiger partial charge in [0.05, 0.1) is 10.7 Å². The monoisotopic (exact) mass is 391 g/mol. The first-order chi connectivity index (χ1) is 12.5. The molecule has 0 N–H and O–H groups in total. The van der Waals surface area contributed by atoms with E-state index in [1.807, 2.05) is 21.9 Å². The second kappa shape index (κ2) is 8.42. The molecule has 6 nitrogen and oxygen atoms in total. The Hall–Kier alpha value is -2.25. The molecule has 1 heterocycles. The van der Waals surface area contributed by atoms with Crippen molar-refractivity contribution in [3.63, 3.8) is 0 Å². The molecule has 8 heteroatoms. The lowest BCUT2D eigenvalue weighted by molar-refractivity contribution is -0.384. The summed E-state index contributed by atoms with van der Waals surface area (Å²) >= 11 is 7.34. The van der Waals surface area contributed by atoms with Crippen LogP contribution in [0.2, 0.25) is 5.02 Å². The van der Waals surface area contributed by atoms with Crippen LogP contribution < -0.4 is 4.90 Å². The summed E-state index contributed by atoms with van der Waals surface area (Å²) in [6.45, 7) is 2.29. The van der Waals surface area contributed by atoms with Crippen LogP contribution >= 0.6 is 23.4 Å². The fourth-order valence-corrected chi connectivity index (χ4v) is 3.78. The fourth-order valence-electron chi connectivity index (χ4n) is 2.85. The number of hydrogen-bond acceptors (Lipinski definition) is 5. The van der Waals surface area contributed by atoms with Gasteiger partial charge in [-0.1, -0.05) is 23.7 Å². The number of nitrogens with zero attached hydrogens (tertiary/aromatic N) is 3. The highest BCUT2D eigenvalue weighted by molar-refractivity contribution is 8.00. The predicted octanol–water partition coefficient (Wildman–Crippen LogP) is 3.69. The number of piperazine rings is 1. The lowest BCUT2D eigenvalue weighted by Gasteiger charge is -2.35. The van der Waals surface area contributed by atoms with Gasteiger partial charge in [-0.3, -0.25) is 14.9 Å². The second-order valence-electron chi connectivity index (χ2n) is 5.86. The molecule has 0 atom stereocenters. The van der Waals surface area contributed by atoms with Gasteiger partial charge in [0.2, 0.25) is 5.91 Å². The Bertz CT molecular complexity index is 793. The third kappa shape index (κ3) is 4.47. The molecule has 0 spiro atoms. The van der Waals surface area contributed by atoms with Crippen LogP contribution in [0.25, 0.3) is 0 Å². The molecule has 0 aliphatic carbocycles. The number of anilines is 1. The van der Waals surface area contributed by atoms with Crippen LogP contribution in [0.15, 0.2) is 53.4 Å². The lowest BCUT2D eigenvalue weighted by atomic mass is 10.2. The molecule has 1 aliphatic heterocycles. The maximum Gasteiger partial charge on any atom is 0.292 e. The number of carbonyl (C=O) groups is 1. The highest BCUT2D eigenvalue weighted by Crippen LogP contribution is 2.28. The molecule has 1 fully saturated rings. The summed E-state index contributed by atoms with van der Waals surface area (Å²) in [5.41, 5.74) is 0.714. The van der Waals surface area contributed by atoms with E-state index >= 15 is 0 Å². The van der Waals surface area contributed by atoms with Gasteiger partial charge in [-0.2, -0.15) is 0 Å². The molecule has 1 saturated heterocycles. The van der Waals surface area contributed by atoms with Gasteiger partial charge in [0.1, 0.15) is 5.69 Å². The zero-order valence-electron chi connectivity index (χ0n) is 14.0. The lowest BCUT2D eigenvalue weighted by Crippen LogP contribution is -2.49. The Morgan fingerprint density at radius 3 is 2.38 bits per heavy atom. The SMILES string of the molecule is O=C(CSc1ccc(Cl)cc1)N1CCN(c2ccccc2[N+](=O)[O-])CC1. The largest absolute Gasteiger partial charge is 0.362 e. The number of thioether (sulfide) groups is 1. The van der Waals surface area contributed by atoms with E-state index in [0.717, 1.165) is 4.90 Å². The van der Waals surface area contributed by atoms with Crippen molar-refractivity contribution in [2.75, 3.05) is 36.8 Å². The van der Waals surface area contributed by atoms with E-state index in [1.165, 1.54) is 17.8 Å². The van der Waals surface area contributed by atoms with E-state index < -0.39 is 0 Å². The Kier molecular flexibility index (Phi) is 6.00. The third-order valence-corrected chi connectivity index (χ3v) is 5.48. The van der Waals surface area contributed by atoms with Crippen LogP contribution in [0.1, 0.15) is 0 Å². The normalized spacial score (nSPS) is 14.3. The molecule has 0 unspecified atom stereocenters. The van der Waals surface area contributed by atoms with E-state index in [9.17, 15) is 14.9 Å². The molecule has 26 heavy (non-hydrogen) atoms. The van der Waals surface area contributed by atoms with Gasteiger partial charge < -0.3 is 9.80 Å². The number of nitro groups is 1. The predicted molar refractivity (Wildman–Crippen MR) is 104 cm³/mol. The molecule has 1 aliphatic rings. The van der Waals surface area contributed by atoms with Crippen LogP contribution in [0.4, 0.5) is 11.4 Å². The Morgan fingerprint density at radius 2 is 1.73 bits per heavy atom. The molecule has 0 radical (unpaired) electrons. The van der Waals surface area contributed by atoms with Crippen molar-refractivity contribution in [3.05, 3.63) is 63.7 Å². The first-order valence-electron chi connectivity index (χ1n) is 8.19. The molecule has 136 valence electrons. The number of rotatable bonds is 5. The zero-order chi connectivity index (χ0) is 18.5. The number of para-hydroxylation sites is 2. The summed E-state index contributed by atoms with van der Waals surface area (Å²) in [5, 5.41) is 11.9. The molecule has 2 aromatic rings. The number of nitro benzene ring substituents is 1. The quantitative estimate of drug-likeness (QED) is 0.441. The summed E-state index contributed by atoms with van der Waals surface area (Å²) in [7, 11) is 0. The molecule has 0 saturated carbocycles. The van der Waals surface area contributed by atoms with Crippen LogP contribution in [-0.4, -0.2) is 47.7 Å². The van der Waals surface area contributed by atoms with E-state index in [2.05, 4.69) is 0 Å². The van der Waals surface area contributed by atoms with E-state index in [0.29, 0.717) is 42.6 Å². The van der Waals surface area contributed by atoms with Crippen molar-refractivity contribution in [1.82, 2.24) is 4.90 Å². The summed E-state index contributed by atoms with van der Waals surface area (Å²) in [6.07, 6.45) is 0. The average Bonchev–Trinajstić information content (AvgIpc) is 2.67. The van der Waals surface area contributed by atoms with Gasteiger partial charge >= 0.3 is 0 Å². The minimum absolute atomic E-state index is 0.0761. The molecule has 1 amide bonds. The fraction of sp³-hybridized carbons (Fsp3) is 0.278. The smallest absolute Gasteiger partial charge is 0.292 e. The summed E-state index contributed by atoms with van der Waals surface area (Å²) in [6, 6.07) is 14.1. The zero-order valence-corrected chi connectivity index (χ0v) is 15.6. The van der Waals surface area contributed by atoms with Crippen molar-refractivity contribution in [1.29, 1.82) is 0 Å². The summed E-state index contributed by atoms with van der Waals surface area (Å²) in [5.74, 6) is 0.444. The Balaban J connectivity index is 1.54. The van der Waals surface area contributed by atoms with Gasteiger partial charge in [-0.05, 0) is 30.3 Å².